The first-order chi connectivity index (χ1) is 12.8. The standard InChI is InChI=1S/C20H21BrN4O2/c1-20(2,3)27-19(26)25-15-8-12(15)9-16(25)18-23-14(10-22)17(24-18)11-4-6-13(21)7-5-11/h4-7,12,15-16H,8-9H2,1-3H3,(H,23,24)/t12?,15?,16-/m0/s1. The number of amides is 1. The number of H-pyrrole nitrogens is 1. The molecule has 1 saturated carbocycles. The third-order valence-corrected chi connectivity index (χ3v) is 5.50. The van der Waals surface area contributed by atoms with E-state index in [4.69, 9.17) is 9.72 Å². The highest BCUT2D eigenvalue weighted by atomic mass is 79.9. The fourth-order valence-corrected chi connectivity index (χ4v) is 3.99. The molecule has 2 unspecified atom stereocenters. The molecule has 2 aromatic rings. The van der Waals surface area contributed by atoms with E-state index in [9.17, 15) is 10.1 Å². The van der Waals surface area contributed by atoms with E-state index in [1.165, 1.54) is 0 Å². The minimum absolute atomic E-state index is 0.181. The van der Waals surface area contributed by atoms with Gasteiger partial charge in [-0.1, -0.05) is 28.1 Å². The van der Waals surface area contributed by atoms with Crippen LogP contribution in [-0.2, 0) is 4.74 Å². The summed E-state index contributed by atoms with van der Waals surface area (Å²) >= 11 is 3.42. The van der Waals surface area contributed by atoms with Crippen LogP contribution in [0.4, 0.5) is 4.79 Å². The predicted molar refractivity (Wildman–Crippen MR) is 104 cm³/mol. The lowest BCUT2D eigenvalue weighted by Gasteiger charge is -2.29. The van der Waals surface area contributed by atoms with Crippen molar-refractivity contribution in [1.82, 2.24) is 14.9 Å². The predicted octanol–water partition coefficient (Wildman–Crippen LogP) is 4.78. The molecule has 2 aliphatic rings. The van der Waals surface area contributed by atoms with E-state index in [-0.39, 0.29) is 18.2 Å². The molecule has 3 atom stereocenters. The summed E-state index contributed by atoms with van der Waals surface area (Å²) in [6, 6.07) is 9.91. The van der Waals surface area contributed by atoms with Crippen LogP contribution in [0.5, 0.6) is 0 Å². The molecule has 1 aliphatic heterocycles. The van der Waals surface area contributed by atoms with E-state index in [1.807, 2.05) is 45.0 Å². The highest BCUT2D eigenvalue weighted by molar-refractivity contribution is 9.10. The molecule has 4 rings (SSSR count). The second-order valence-electron chi connectivity index (χ2n) is 8.17. The number of carbonyl (C=O) groups is 1. The van der Waals surface area contributed by atoms with Gasteiger partial charge < -0.3 is 9.72 Å². The number of rotatable bonds is 2. The lowest BCUT2D eigenvalue weighted by Crippen LogP contribution is -2.38. The minimum Gasteiger partial charge on any atom is -0.444 e. The molecule has 140 valence electrons. The number of hydrogen-bond acceptors (Lipinski definition) is 4. The topological polar surface area (TPSA) is 82.0 Å². The van der Waals surface area contributed by atoms with E-state index >= 15 is 0 Å². The van der Waals surface area contributed by atoms with Crippen molar-refractivity contribution >= 4 is 22.0 Å². The van der Waals surface area contributed by atoms with Gasteiger partial charge in [-0.3, -0.25) is 4.90 Å². The number of halogens is 1. The Morgan fingerprint density at radius 3 is 2.67 bits per heavy atom. The Morgan fingerprint density at radius 2 is 2.04 bits per heavy atom. The van der Waals surface area contributed by atoms with Gasteiger partial charge >= 0.3 is 6.09 Å². The molecular weight excluding hydrogens is 408 g/mol. The monoisotopic (exact) mass is 428 g/mol. The van der Waals surface area contributed by atoms with Gasteiger partial charge in [-0.15, -0.1) is 0 Å². The van der Waals surface area contributed by atoms with Crippen molar-refractivity contribution < 1.29 is 9.53 Å². The number of nitriles is 1. The van der Waals surface area contributed by atoms with E-state index in [0.717, 1.165) is 22.9 Å². The Kier molecular flexibility index (Phi) is 4.26. The van der Waals surface area contributed by atoms with Crippen LogP contribution < -0.4 is 0 Å². The van der Waals surface area contributed by atoms with Crippen molar-refractivity contribution in [2.24, 2.45) is 5.92 Å². The number of ether oxygens (including phenoxy) is 1. The Hall–Kier alpha value is -2.33. The van der Waals surface area contributed by atoms with Gasteiger partial charge in [0.1, 0.15) is 28.9 Å². The average Bonchev–Trinajstić information content (AvgIpc) is 3.05. The molecule has 1 aliphatic carbocycles. The molecule has 0 bridgehead atoms. The number of carbonyl (C=O) groups excluding carboxylic acids is 1. The molecule has 0 spiro atoms. The highest BCUT2D eigenvalue weighted by Crippen LogP contribution is 2.53. The van der Waals surface area contributed by atoms with Gasteiger partial charge in [-0.05, 0) is 51.7 Å². The smallest absolute Gasteiger partial charge is 0.411 e. The number of piperidine rings is 1. The van der Waals surface area contributed by atoms with Gasteiger partial charge in [0.15, 0.2) is 0 Å². The van der Waals surface area contributed by atoms with Gasteiger partial charge in [-0.2, -0.15) is 5.26 Å². The summed E-state index contributed by atoms with van der Waals surface area (Å²) in [6.45, 7) is 5.60. The highest BCUT2D eigenvalue weighted by Gasteiger charge is 2.56. The maximum atomic E-state index is 12.7. The molecule has 7 heteroatoms. The summed E-state index contributed by atoms with van der Waals surface area (Å²) in [5, 5.41) is 9.54. The molecular formula is C20H21BrN4O2. The Balaban J connectivity index is 1.66. The molecule has 6 nitrogen and oxygen atoms in total. The van der Waals surface area contributed by atoms with Crippen molar-refractivity contribution in [3.63, 3.8) is 0 Å². The fourth-order valence-electron chi connectivity index (χ4n) is 3.72. The molecule has 2 heterocycles. The molecule has 27 heavy (non-hydrogen) atoms. The zero-order chi connectivity index (χ0) is 19.3. The zero-order valence-electron chi connectivity index (χ0n) is 15.5. The summed E-state index contributed by atoms with van der Waals surface area (Å²) in [5.74, 6) is 1.15. The number of aromatic nitrogens is 2. The summed E-state index contributed by atoms with van der Waals surface area (Å²) in [7, 11) is 0. The van der Waals surface area contributed by atoms with Gasteiger partial charge in [0.05, 0.1) is 6.04 Å². The van der Waals surface area contributed by atoms with Crippen LogP contribution in [0.3, 0.4) is 0 Å². The second kappa shape index (κ2) is 6.38. The van der Waals surface area contributed by atoms with Crippen molar-refractivity contribution in [3.8, 4) is 17.3 Å². The number of benzene rings is 1. The molecule has 2 fully saturated rings. The summed E-state index contributed by atoms with van der Waals surface area (Å²) in [6.07, 6.45) is 1.56. The molecule has 1 aromatic carbocycles. The Bertz CT molecular complexity index is 923. The lowest BCUT2D eigenvalue weighted by molar-refractivity contribution is 0.0175. The SMILES string of the molecule is CC(C)(C)OC(=O)N1C2CC2C[C@H]1c1nc(-c2ccc(Br)cc2)c(C#N)[nH]1. The normalized spacial score (nSPS) is 23.7. The Morgan fingerprint density at radius 1 is 1.33 bits per heavy atom. The van der Waals surface area contributed by atoms with Crippen LogP contribution in [-0.4, -0.2) is 32.6 Å². The van der Waals surface area contributed by atoms with Crippen LogP contribution in [0.15, 0.2) is 28.7 Å². The third kappa shape index (κ3) is 3.46. The average molecular weight is 429 g/mol. The van der Waals surface area contributed by atoms with Crippen LogP contribution in [0.1, 0.15) is 51.2 Å². The maximum absolute atomic E-state index is 12.7. The quantitative estimate of drug-likeness (QED) is 0.745. The molecule has 1 N–H and O–H groups in total. The van der Waals surface area contributed by atoms with E-state index in [1.54, 1.807) is 4.90 Å². The first kappa shape index (κ1) is 18.1. The van der Waals surface area contributed by atoms with Gasteiger partial charge in [0, 0.05) is 16.1 Å². The number of nitrogens with one attached hydrogen (secondary N) is 1. The Labute approximate surface area is 166 Å². The fraction of sp³-hybridized carbons (Fsp3) is 0.450. The van der Waals surface area contributed by atoms with Crippen molar-refractivity contribution in [2.75, 3.05) is 0 Å². The number of fused-ring (bicyclic) bond motifs is 1. The number of hydrogen-bond donors (Lipinski definition) is 1. The third-order valence-electron chi connectivity index (χ3n) is 4.98. The molecule has 1 amide bonds. The summed E-state index contributed by atoms with van der Waals surface area (Å²) < 4.78 is 6.57. The van der Waals surface area contributed by atoms with E-state index in [2.05, 4.69) is 27.0 Å². The second-order valence-corrected chi connectivity index (χ2v) is 9.08. The van der Waals surface area contributed by atoms with Crippen molar-refractivity contribution in [1.29, 1.82) is 5.26 Å². The first-order valence-corrected chi connectivity index (χ1v) is 9.83. The van der Waals surface area contributed by atoms with Gasteiger partial charge in [0.25, 0.3) is 0 Å². The number of likely N-dealkylation sites (tertiary alicyclic amines) is 1. The number of aromatic amines is 1. The van der Waals surface area contributed by atoms with Gasteiger partial charge in [-0.25, -0.2) is 9.78 Å². The first-order valence-electron chi connectivity index (χ1n) is 9.04. The maximum Gasteiger partial charge on any atom is 0.411 e. The summed E-state index contributed by atoms with van der Waals surface area (Å²) in [5.41, 5.74) is 1.35. The lowest BCUT2D eigenvalue weighted by atomic mass is 10.1. The zero-order valence-corrected chi connectivity index (χ0v) is 17.1. The molecule has 1 aromatic heterocycles. The van der Waals surface area contributed by atoms with Crippen LogP contribution in [0.2, 0.25) is 0 Å². The van der Waals surface area contributed by atoms with Crippen LogP contribution >= 0.6 is 15.9 Å². The van der Waals surface area contributed by atoms with Crippen LogP contribution in [0.25, 0.3) is 11.3 Å². The number of imidazole rings is 1. The van der Waals surface area contributed by atoms with Crippen molar-refractivity contribution in [3.05, 3.63) is 40.3 Å². The molecule has 1 saturated heterocycles. The van der Waals surface area contributed by atoms with E-state index in [0.29, 0.717) is 23.1 Å². The van der Waals surface area contributed by atoms with Crippen LogP contribution in [0, 0.1) is 17.2 Å². The number of nitrogens with zero attached hydrogens (tertiary/aromatic N) is 3. The van der Waals surface area contributed by atoms with Crippen molar-refractivity contribution in [2.45, 2.75) is 51.3 Å². The minimum atomic E-state index is -0.543. The largest absolute Gasteiger partial charge is 0.444 e. The summed E-state index contributed by atoms with van der Waals surface area (Å²) in [4.78, 5) is 22.4. The van der Waals surface area contributed by atoms with Gasteiger partial charge in [0.2, 0.25) is 0 Å². The molecule has 0 radical (unpaired) electrons. The van der Waals surface area contributed by atoms with E-state index < -0.39 is 5.60 Å².